The summed E-state index contributed by atoms with van der Waals surface area (Å²) in [5.41, 5.74) is 6.23. The minimum atomic E-state index is 0.458. The summed E-state index contributed by atoms with van der Waals surface area (Å²) in [5.74, 6) is 4.47. The molecular weight excluding hydrogens is 202 g/mol. The van der Waals surface area contributed by atoms with Crippen molar-refractivity contribution in [1.82, 2.24) is 0 Å². The molecule has 0 radical (unpaired) electrons. The quantitative estimate of drug-likeness (QED) is 0.752. The van der Waals surface area contributed by atoms with Crippen molar-refractivity contribution >= 4 is 11.8 Å². The fourth-order valence-electron chi connectivity index (χ4n) is 2.63. The van der Waals surface area contributed by atoms with Crippen LogP contribution in [0.5, 0.6) is 0 Å². The number of thioether (sulfide) groups is 1. The maximum absolute atomic E-state index is 6.23. The summed E-state index contributed by atoms with van der Waals surface area (Å²) in [6.07, 6.45) is 7.95. The molecule has 15 heavy (non-hydrogen) atoms. The lowest BCUT2D eigenvalue weighted by Gasteiger charge is -2.25. The molecule has 0 spiro atoms. The highest BCUT2D eigenvalue weighted by atomic mass is 32.2. The van der Waals surface area contributed by atoms with Crippen LogP contribution in [0.15, 0.2) is 0 Å². The molecule has 2 atom stereocenters. The molecule has 1 aliphatic heterocycles. The van der Waals surface area contributed by atoms with E-state index in [1.165, 1.54) is 50.0 Å². The first-order valence-electron chi connectivity index (χ1n) is 6.55. The van der Waals surface area contributed by atoms with Crippen molar-refractivity contribution < 1.29 is 0 Å². The molecule has 1 rings (SSSR count). The van der Waals surface area contributed by atoms with E-state index in [0.29, 0.717) is 6.04 Å². The molecule has 1 nitrogen and oxygen atoms in total. The van der Waals surface area contributed by atoms with E-state index in [1.807, 2.05) is 0 Å². The van der Waals surface area contributed by atoms with E-state index in [2.05, 4.69) is 25.6 Å². The molecule has 0 aliphatic carbocycles. The molecule has 2 N–H and O–H groups in total. The van der Waals surface area contributed by atoms with Crippen LogP contribution >= 0.6 is 11.8 Å². The highest BCUT2D eigenvalue weighted by Gasteiger charge is 2.18. The van der Waals surface area contributed by atoms with Crippen LogP contribution in [0.1, 0.15) is 52.4 Å². The van der Waals surface area contributed by atoms with Crippen molar-refractivity contribution in [3.63, 3.8) is 0 Å². The van der Waals surface area contributed by atoms with Gasteiger partial charge in [-0.05, 0) is 49.0 Å². The predicted octanol–water partition coefficient (Wildman–Crippen LogP) is 3.67. The Morgan fingerprint density at radius 3 is 2.60 bits per heavy atom. The lowest BCUT2D eigenvalue weighted by Crippen LogP contribution is -2.27. The smallest absolute Gasteiger partial charge is 0.00440 e. The second kappa shape index (κ2) is 7.56. The second-order valence-electron chi connectivity index (χ2n) is 5.18. The highest BCUT2D eigenvalue weighted by Crippen LogP contribution is 2.27. The van der Waals surface area contributed by atoms with Crippen LogP contribution < -0.4 is 5.73 Å². The third-order valence-electron chi connectivity index (χ3n) is 3.46. The monoisotopic (exact) mass is 229 g/mol. The van der Waals surface area contributed by atoms with Gasteiger partial charge in [0.05, 0.1) is 0 Å². The Morgan fingerprint density at radius 2 is 2.00 bits per heavy atom. The Balaban J connectivity index is 2.13. The van der Waals surface area contributed by atoms with Crippen LogP contribution in [0.4, 0.5) is 0 Å². The van der Waals surface area contributed by atoms with Crippen molar-refractivity contribution in [2.24, 2.45) is 17.6 Å². The number of nitrogens with two attached hydrogens (primary N) is 1. The van der Waals surface area contributed by atoms with E-state index < -0.39 is 0 Å². The zero-order chi connectivity index (χ0) is 11.1. The maximum Gasteiger partial charge on any atom is 0.00440 e. The van der Waals surface area contributed by atoms with Gasteiger partial charge >= 0.3 is 0 Å². The van der Waals surface area contributed by atoms with Crippen molar-refractivity contribution in [3.05, 3.63) is 0 Å². The van der Waals surface area contributed by atoms with Gasteiger partial charge in [-0.25, -0.2) is 0 Å². The molecule has 90 valence electrons. The molecular formula is C13H27NS. The molecule has 1 fully saturated rings. The van der Waals surface area contributed by atoms with Crippen molar-refractivity contribution in [1.29, 1.82) is 0 Å². The Morgan fingerprint density at radius 1 is 1.33 bits per heavy atom. The zero-order valence-corrected chi connectivity index (χ0v) is 11.2. The Hall–Kier alpha value is 0.310. The molecule has 0 saturated carbocycles. The van der Waals surface area contributed by atoms with Crippen molar-refractivity contribution in [2.45, 2.75) is 58.4 Å². The molecule has 0 aromatic rings. The summed E-state index contributed by atoms with van der Waals surface area (Å²) >= 11 is 2.11. The van der Waals surface area contributed by atoms with Gasteiger partial charge in [-0.15, -0.1) is 0 Å². The van der Waals surface area contributed by atoms with Gasteiger partial charge in [0.25, 0.3) is 0 Å². The highest BCUT2D eigenvalue weighted by molar-refractivity contribution is 7.99. The molecule has 0 aromatic carbocycles. The first-order valence-corrected chi connectivity index (χ1v) is 7.71. The van der Waals surface area contributed by atoms with E-state index in [-0.39, 0.29) is 0 Å². The van der Waals surface area contributed by atoms with Crippen LogP contribution in [0.25, 0.3) is 0 Å². The lowest BCUT2D eigenvalue weighted by molar-refractivity contribution is 0.352. The van der Waals surface area contributed by atoms with Crippen LogP contribution in [0.3, 0.4) is 0 Å². The topological polar surface area (TPSA) is 26.0 Å². The summed E-state index contributed by atoms with van der Waals surface area (Å²) in [7, 11) is 0. The number of hydrogen-bond acceptors (Lipinski definition) is 2. The van der Waals surface area contributed by atoms with E-state index in [0.717, 1.165) is 11.8 Å². The molecule has 0 aromatic heterocycles. The predicted molar refractivity (Wildman–Crippen MR) is 71.3 cm³/mol. The third kappa shape index (κ3) is 5.82. The van der Waals surface area contributed by atoms with Gasteiger partial charge in [-0.2, -0.15) is 11.8 Å². The van der Waals surface area contributed by atoms with E-state index >= 15 is 0 Å². The Labute approximate surface area is 99.6 Å². The Bertz CT molecular complexity index is 155. The lowest BCUT2D eigenvalue weighted by atomic mass is 9.89. The summed E-state index contributed by atoms with van der Waals surface area (Å²) in [6.45, 7) is 4.61. The average Bonchev–Trinajstić information content (AvgIpc) is 2.19. The number of hydrogen-bond donors (Lipinski definition) is 1. The molecule has 1 saturated heterocycles. The zero-order valence-electron chi connectivity index (χ0n) is 10.4. The summed E-state index contributed by atoms with van der Waals surface area (Å²) in [4.78, 5) is 0. The summed E-state index contributed by atoms with van der Waals surface area (Å²) in [6, 6.07) is 0.458. The molecule has 2 heteroatoms. The van der Waals surface area contributed by atoms with Crippen molar-refractivity contribution in [2.75, 3.05) is 11.5 Å². The number of rotatable bonds is 6. The molecule has 0 bridgehead atoms. The second-order valence-corrected chi connectivity index (χ2v) is 6.41. The van der Waals surface area contributed by atoms with Gasteiger partial charge in [-0.3, -0.25) is 0 Å². The normalized spacial score (nSPS) is 22.6. The molecule has 1 aliphatic rings. The summed E-state index contributed by atoms with van der Waals surface area (Å²) < 4.78 is 0. The largest absolute Gasteiger partial charge is 0.328 e. The summed E-state index contributed by atoms with van der Waals surface area (Å²) in [5, 5.41) is 0. The van der Waals surface area contributed by atoms with Crippen LogP contribution in [0.2, 0.25) is 0 Å². The van der Waals surface area contributed by atoms with Gasteiger partial charge < -0.3 is 5.73 Å². The van der Waals surface area contributed by atoms with Gasteiger partial charge in [0.1, 0.15) is 0 Å². The van der Waals surface area contributed by atoms with Gasteiger partial charge in [0.2, 0.25) is 0 Å². The minimum Gasteiger partial charge on any atom is -0.328 e. The van der Waals surface area contributed by atoms with Crippen LogP contribution in [-0.4, -0.2) is 17.5 Å². The minimum absolute atomic E-state index is 0.458. The Kier molecular flexibility index (Phi) is 6.74. The van der Waals surface area contributed by atoms with E-state index in [9.17, 15) is 0 Å². The first-order chi connectivity index (χ1) is 7.22. The molecule has 1 heterocycles. The van der Waals surface area contributed by atoms with Crippen LogP contribution in [0, 0.1) is 11.8 Å². The third-order valence-corrected chi connectivity index (χ3v) is 4.51. The van der Waals surface area contributed by atoms with Gasteiger partial charge in [0.15, 0.2) is 0 Å². The molecule has 2 unspecified atom stereocenters. The van der Waals surface area contributed by atoms with Crippen molar-refractivity contribution in [3.8, 4) is 0 Å². The molecule has 0 amide bonds. The van der Waals surface area contributed by atoms with Gasteiger partial charge in [0, 0.05) is 6.04 Å². The van der Waals surface area contributed by atoms with Gasteiger partial charge in [-0.1, -0.05) is 26.7 Å². The van der Waals surface area contributed by atoms with E-state index in [4.69, 9.17) is 5.73 Å². The fraction of sp³-hybridized carbons (Fsp3) is 1.00. The first kappa shape index (κ1) is 13.4. The van der Waals surface area contributed by atoms with Crippen LogP contribution in [-0.2, 0) is 0 Å². The standard InChI is InChI=1S/C13H27NS/c1-3-4-11(2)9-13(14)10-12-5-7-15-8-6-12/h11-13H,3-10,14H2,1-2H3. The SMILES string of the molecule is CCCC(C)CC(N)CC1CCSCC1. The van der Waals surface area contributed by atoms with E-state index in [1.54, 1.807) is 0 Å². The average molecular weight is 229 g/mol. The fourth-order valence-corrected chi connectivity index (χ4v) is 3.84. The maximum atomic E-state index is 6.23.